The maximum atomic E-state index is 12.2. The number of amides is 3. The zero-order valence-electron chi connectivity index (χ0n) is 15.2. The van der Waals surface area contributed by atoms with Crippen LogP contribution in [0, 0.1) is 0 Å². The Morgan fingerprint density at radius 1 is 1.12 bits per heavy atom. The van der Waals surface area contributed by atoms with Gasteiger partial charge in [-0.15, -0.1) is 0 Å². The monoisotopic (exact) mass is 362 g/mol. The highest BCUT2D eigenvalue weighted by Gasteiger charge is 2.18. The van der Waals surface area contributed by atoms with Crippen molar-refractivity contribution in [1.82, 2.24) is 15.5 Å². The Morgan fingerprint density at radius 2 is 1.81 bits per heavy atom. The number of nitrogens with zero attached hydrogens (tertiary/aromatic N) is 1. The molecule has 0 radical (unpaired) electrons. The maximum Gasteiger partial charge on any atom is 0.313 e. The number of morpholine rings is 1. The van der Waals surface area contributed by atoms with Crippen molar-refractivity contribution in [3.05, 3.63) is 29.8 Å². The topological polar surface area (TPSA) is 99.8 Å². The summed E-state index contributed by atoms with van der Waals surface area (Å²) in [5, 5.41) is 7.87. The number of ether oxygens (including phenoxy) is 1. The number of carbonyl (C=O) groups excluding carboxylic acids is 3. The second-order valence-corrected chi connectivity index (χ2v) is 6.34. The molecule has 1 aliphatic rings. The average molecular weight is 362 g/mol. The smallest absolute Gasteiger partial charge is 0.313 e. The van der Waals surface area contributed by atoms with Crippen molar-refractivity contribution < 1.29 is 19.1 Å². The number of rotatable bonds is 6. The van der Waals surface area contributed by atoms with Crippen LogP contribution >= 0.6 is 0 Å². The first-order chi connectivity index (χ1) is 12.5. The van der Waals surface area contributed by atoms with Gasteiger partial charge in [-0.1, -0.05) is 12.1 Å². The van der Waals surface area contributed by atoms with Crippen LogP contribution in [0.15, 0.2) is 24.3 Å². The zero-order valence-corrected chi connectivity index (χ0v) is 15.2. The lowest BCUT2D eigenvalue weighted by molar-refractivity contribution is -0.136. The first kappa shape index (κ1) is 19.9. The third-order valence-corrected chi connectivity index (χ3v) is 3.86. The van der Waals surface area contributed by atoms with Crippen molar-refractivity contribution in [3.8, 4) is 0 Å². The maximum absolute atomic E-state index is 12.2. The number of carbonyl (C=O) groups is 3. The lowest BCUT2D eigenvalue weighted by atomic mass is 10.1. The van der Waals surface area contributed by atoms with E-state index in [4.69, 9.17) is 4.74 Å². The van der Waals surface area contributed by atoms with E-state index >= 15 is 0 Å². The SMILES string of the molecule is CC(C)NC(=O)c1ccccc1NC(=O)C(=O)NCCN1CCOCC1. The van der Waals surface area contributed by atoms with E-state index in [-0.39, 0.29) is 11.9 Å². The summed E-state index contributed by atoms with van der Waals surface area (Å²) in [5.41, 5.74) is 0.620. The molecular formula is C18H26N4O4. The van der Waals surface area contributed by atoms with Gasteiger partial charge in [0.2, 0.25) is 0 Å². The highest BCUT2D eigenvalue weighted by molar-refractivity contribution is 6.40. The van der Waals surface area contributed by atoms with E-state index in [2.05, 4.69) is 20.9 Å². The molecule has 0 atom stereocenters. The van der Waals surface area contributed by atoms with E-state index in [1.165, 1.54) is 0 Å². The molecule has 0 bridgehead atoms. The number of nitrogens with one attached hydrogen (secondary N) is 3. The molecule has 26 heavy (non-hydrogen) atoms. The van der Waals surface area contributed by atoms with Crippen LogP contribution < -0.4 is 16.0 Å². The van der Waals surface area contributed by atoms with Gasteiger partial charge in [-0.2, -0.15) is 0 Å². The van der Waals surface area contributed by atoms with Gasteiger partial charge in [0.05, 0.1) is 24.5 Å². The van der Waals surface area contributed by atoms with Crippen molar-refractivity contribution in [2.75, 3.05) is 44.7 Å². The van der Waals surface area contributed by atoms with Crippen molar-refractivity contribution in [1.29, 1.82) is 0 Å². The van der Waals surface area contributed by atoms with Gasteiger partial charge in [-0.05, 0) is 26.0 Å². The van der Waals surface area contributed by atoms with Gasteiger partial charge in [0.15, 0.2) is 0 Å². The third-order valence-electron chi connectivity index (χ3n) is 3.86. The van der Waals surface area contributed by atoms with Gasteiger partial charge in [-0.25, -0.2) is 0 Å². The fraction of sp³-hybridized carbons (Fsp3) is 0.500. The van der Waals surface area contributed by atoms with Gasteiger partial charge >= 0.3 is 11.8 Å². The predicted molar refractivity (Wildman–Crippen MR) is 97.9 cm³/mol. The molecule has 0 aliphatic carbocycles. The lowest BCUT2D eigenvalue weighted by Crippen LogP contribution is -2.43. The number of hydrogen-bond acceptors (Lipinski definition) is 5. The van der Waals surface area contributed by atoms with Crippen LogP contribution in [0.3, 0.4) is 0 Å². The van der Waals surface area contributed by atoms with Gasteiger partial charge in [0, 0.05) is 32.2 Å². The molecule has 1 aromatic rings. The highest BCUT2D eigenvalue weighted by Crippen LogP contribution is 2.15. The summed E-state index contributed by atoms with van der Waals surface area (Å²) in [6.45, 7) is 7.74. The molecule has 1 aliphatic heterocycles. The first-order valence-electron chi connectivity index (χ1n) is 8.76. The summed E-state index contributed by atoms with van der Waals surface area (Å²) in [4.78, 5) is 38.4. The number of benzene rings is 1. The fourth-order valence-corrected chi connectivity index (χ4v) is 2.54. The van der Waals surface area contributed by atoms with Gasteiger partial charge in [0.1, 0.15) is 0 Å². The van der Waals surface area contributed by atoms with Crippen LogP contribution in [0.1, 0.15) is 24.2 Å². The number of hydrogen-bond donors (Lipinski definition) is 3. The largest absolute Gasteiger partial charge is 0.379 e. The minimum atomic E-state index is -0.795. The summed E-state index contributed by atoms with van der Waals surface area (Å²) in [6, 6.07) is 6.55. The minimum Gasteiger partial charge on any atom is -0.379 e. The second-order valence-electron chi connectivity index (χ2n) is 6.34. The summed E-state index contributed by atoms with van der Waals surface area (Å²) < 4.78 is 5.26. The van der Waals surface area contributed by atoms with Crippen molar-refractivity contribution >= 4 is 23.4 Å². The van der Waals surface area contributed by atoms with Crippen molar-refractivity contribution in [2.24, 2.45) is 0 Å². The minimum absolute atomic E-state index is 0.0326. The van der Waals surface area contributed by atoms with Crippen LogP contribution in [-0.2, 0) is 14.3 Å². The molecule has 0 saturated carbocycles. The number of para-hydroxylation sites is 1. The zero-order chi connectivity index (χ0) is 18.9. The third kappa shape index (κ3) is 6.12. The summed E-state index contributed by atoms with van der Waals surface area (Å²) in [5.74, 6) is -1.82. The number of anilines is 1. The molecule has 0 aromatic heterocycles. The normalized spacial score (nSPS) is 14.7. The van der Waals surface area contributed by atoms with Crippen LogP contribution in [0.2, 0.25) is 0 Å². The molecule has 0 spiro atoms. The molecule has 8 heteroatoms. The molecule has 8 nitrogen and oxygen atoms in total. The molecular weight excluding hydrogens is 336 g/mol. The van der Waals surface area contributed by atoms with E-state index in [1.54, 1.807) is 24.3 Å². The van der Waals surface area contributed by atoms with Crippen molar-refractivity contribution in [2.45, 2.75) is 19.9 Å². The molecule has 1 saturated heterocycles. The lowest BCUT2D eigenvalue weighted by Gasteiger charge is -2.26. The fourth-order valence-electron chi connectivity index (χ4n) is 2.54. The standard InChI is InChI=1S/C18H26N4O4/c1-13(2)20-16(23)14-5-3-4-6-15(14)21-18(25)17(24)19-7-8-22-9-11-26-12-10-22/h3-6,13H,7-12H2,1-2H3,(H,19,24)(H,20,23)(H,21,25). The summed E-state index contributed by atoms with van der Waals surface area (Å²) in [6.07, 6.45) is 0. The van der Waals surface area contributed by atoms with Crippen LogP contribution in [0.4, 0.5) is 5.69 Å². The summed E-state index contributed by atoms with van der Waals surface area (Å²) >= 11 is 0. The average Bonchev–Trinajstić information content (AvgIpc) is 2.62. The second kappa shape index (κ2) is 9.88. The summed E-state index contributed by atoms with van der Waals surface area (Å²) in [7, 11) is 0. The van der Waals surface area contributed by atoms with E-state index in [9.17, 15) is 14.4 Å². The molecule has 2 rings (SSSR count). The van der Waals surface area contributed by atoms with Crippen LogP contribution in [-0.4, -0.2) is 68.1 Å². The molecule has 3 N–H and O–H groups in total. The first-order valence-corrected chi connectivity index (χ1v) is 8.76. The molecule has 1 fully saturated rings. The molecule has 142 valence electrons. The van der Waals surface area contributed by atoms with E-state index in [0.29, 0.717) is 37.6 Å². The van der Waals surface area contributed by atoms with E-state index < -0.39 is 11.8 Å². The Hall–Kier alpha value is -2.45. The van der Waals surface area contributed by atoms with E-state index in [0.717, 1.165) is 13.1 Å². The Kier molecular flexibility index (Phi) is 7.55. The Balaban J connectivity index is 1.86. The molecule has 0 unspecified atom stereocenters. The Bertz CT molecular complexity index is 642. The Morgan fingerprint density at radius 3 is 2.50 bits per heavy atom. The van der Waals surface area contributed by atoms with Crippen LogP contribution in [0.5, 0.6) is 0 Å². The van der Waals surface area contributed by atoms with Gasteiger partial charge in [-0.3, -0.25) is 19.3 Å². The quantitative estimate of drug-likeness (QED) is 0.629. The highest BCUT2D eigenvalue weighted by atomic mass is 16.5. The van der Waals surface area contributed by atoms with Crippen molar-refractivity contribution in [3.63, 3.8) is 0 Å². The molecule has 1 aromatic carbocycles. The predicted octanol–water partition coefficient (Wildman–Crippen LogP) is 0.212. The molecule has 3 amide bonds. The Labute approximate surface area is 153 Å². The van der Waals surface area contributed by atoms with Crippen LogP contribution in [0.25, 0.3) is 0 Å². The van der Waals surface area contributed by atoms with Gasteiger partial charge < -0.3 is 20.7 Å². The van der Waals surface area contributed by atoms with E-state index in [1.807, 2.05) is 13.8 Å². The molecule has 1 heterocycles. The van der Waals surface area contributed by atoms with Gasteiger partial charge in [0.25, 0.3) is 5.91 Å².